The SMILES string of the molecule is CCc1ccc(N2C(=O)Nc3ccccc3[C@]2(O)C(=O)N2CCC3(CC2)OCCO3)cc1. The molecule has 3 heterocycles. The van der Waals surface area contributed by atoms with Crippen LogP contribution in [0.15, 0.2) is 48.5 Å². The van der Waals surface area contributed by atoms with Gasteiger partial charge in [0.25, 0.3) is 11.6 Å². The van der Waals surface area contributed by atoms with Crippen molar-refractivity contribution < 1.29 is 24.2 Å². The van der Waals surface area contributed by atoms with Gasteiger partial charge in [-0.1, -0.05) is 37.3 Å². The number of anilines is 2. The molecule has 1 spiro atoms. The maximum atomic E-state index is 13.9. The lowest BCUT2D eigenvalue weighted by Crippen LogP contribution is -2.64. The fourth-order valence-corrected chi connectivity index (χ4v) is 4.79. The van der Waals surface area contributed by atoms with Crippen molar-refractivity contribution in [3.63, 3.8) is 0 Å². The molecule has 3 amide bonds. The molecule has 5 rings (SSSR count). The third-order valence-electron chi connectivity index (χ3n) is 6.60. The molecule has 3 aliphatic heterocycles. The predicted octanol–water partition coefficient (Wildman–Crippen LogP) is 2.81. The molecule has 32 heavy (non-hydrogen) atoms. The molecule has 8 nitrogen and oxygen atoms in total. The topological polar surface area (TPSA) is 91.3 Å². The van der Waals surface area contributed by atoms with Crippen LogP contribution >= 0.6 is 0 Å². The number of nitrogens with one attached hydrogen (secondary N) is 1. The average molecular weight is 437 g/mol. The Morgan fingerprint density at radius 2 is 1.72 bits per heavy atom. The molecule has 2 aromatic carbocycles. The van der Waals surface area contributed by atoms with Crippen molar-refractivity contribution in [2.24, 2.45) is 0 Å². The number of aryl methyl sites for hydroxylation is 1. The fourth-order valence-electron chi connectivity index (χ4n) is 4.79. The molecule has 1 atom stereocenters. The van der Waals surface area contributed by atoms with E-state index in [4.69, 9.17) is 9.47 Å². The van der Waals surface area contributed by atoms with Gasteiger partial charge in [-0.2, -0.15) is 0 Å². The highest BCUT2D eigenvalue weighted by atomic mass is 16.7. The molecule has 0 aliphatic carbocycles. The van der Waals surface area contributed by atoms with Crippen molar-refractivity contribution in [2.45, 2.75) is 37.7 Å². The van der Waals surface area contributed by atoms with Crippen LogP contribution in [0.5, 0.6) is 0 Å². The summed E-state index contributed by atoms with van der Waals surface area (Å²) >= 11 is 0. The summed E-state index contributed by atoms with van der Waals surface area (Å²) in [5, 5.41) is 14.8. The number of rotatable bonds is 3. The van der Waals surface area contributed by atoms with Crippen LogP contribution < -0.4 is 10.2 Å². The summed E-state index contributed by atoms with van der Waals surface area (Å²) < 4.78 is 11.5. The lowest BCUT2D eigenvalue weighted by Gasteiger charge is -2.46. The first-order valence-electron chi connectivity index (χ1n) is 11.1. The maximum Gasteiger partial charge on any atom is 0.329 e. The number of amides is 3. The third-order valence-corrected chi connectivity index (χ3v) is 6.60. The van der Waals surface area contributed by atoms with Crippen molar-refractivity contribution in [1.29, 1.82) is 0 Å². The Balaban J connectivity index is 1.53. The molecule has 8 heteroatoms. The summed E-state index contributed by atoms with van der Waals surface area (Å²) in [6.45, 7) is 3.88. The van der Waals surface area contributed by atoms with Crippen LogP contribution in [0, 0.1) is 0 Å². The van der Waals surface area contributed by atoms with Gasteiger partial charge in [-0.25, -0.2) is 4.79 Å². The summed E-state index contributed by atoms with van der Waals surface area (Å²) in [4.78, 5) is 29.8. The van der Waals surface area contributed by atoms with E-state index in [9.17, 15) is 14.7 Å². The number of carbonyl (C=O) groups excluding carboxylic acids is 2. The number of fused-ring (bicyclic) bond motifs is 1. The minimum atomic E-state index is -2.17. The first kappa shape index (κ1) is 20.9. The smallest absolute Gasteiger partial charge is 0.329 e. The molecule has 3 aliphatic rings. The van der Waals surface area contributed by atoms with E-state index in [1.54, 1.807) is 41.3 Å². The van der Waals surface area contributed by atoms with E-state index in [0.717, 1.165) is 16.9 Å². The molecule has 168 valence electrons. The highest BCUT2D eigenvalue weighted by Gasteiger charge is 2.54. The minimum absolute atomic E-state index is 0.345. The van der Waals surface area contributed by atoms with Crippen LogP contribution in [0.1, 0.15) is 30.9 Å². The first-order chi connectivity index (χ1) is 15.5. The van der Waals surface area contributed by atoms with Crippen LogP contribution in [-0.2, 0) is 26.4 Å². The Kier molecular flexibility index (Phi) is 5.16. The largest absolute Gasteiger partial charge is 0.359 e. The first-order valence-corrected chi connectivity index (χ1v) is 11.1. The average Bonchev–Trinajstić information content (AvgIpc) is 3.27. The number of carbonyl (C=O) groups is 2. The van der Waals surface area contributed by atoms with Crippen LogP contribution in [0.2, 0.25) is 0 Å². The number of benzene rings is 2. The predicted molar refractivity (Wildman–Crippen MR) is 118 cm³/mol. The normalized spacial score (nSPS) is 24.4. The van der Waals surface area contributed by atoms with Crippen molar-refractivity contribution in [3.8, 4) is 0 Å². The van der Waals surface area contributed by atoms with Crippen LogP contribution in [0.4, 0.5) is 16.2 Å². The third kappa shape index (κ3) is 3.26. The van der Waals surface area contributed by atoms with E-state index in [2.05, 4.69) is 5.32 Å². The van der Waals surface area contributed by atoms with Crippen LogP contribution in [0.25, 0.3) is 0 Å². The molecular weight excluding hydrogens is 410 g/mol. The van der Waals surface area contributed by atoms with E-state index in [-0.39, 0.29) is 0 Å². The van der Waals surface area contributed by atoms with Gasteiger partial charge in [-0.05, 0) is 30.2 Å². The lowest BCUT2D eigenvalue weighted by molar-refractivity contribution is -0.192. The number of hydrogen-bond acceptors (Lipinski definition) is 5. The molecule has 2 N–H and O–H groups in total. The Labute approximate surface area is 186 Å². The van der Waals surface area contributed by atoms with Crippen LogP contribution in [0.3, 0.4) is 0 Å². The Hall–Kier alpha value is -2.94. The molecule has 0 bridgehead atoms. The second-order valence-corrected chi connectivity index (χ2v) is 8.40. The van der Waals surface area contributed by atoms with Gasteiger partial charge in [0, 0.05) is 37.2 Å². The van der Waals surface area contributed by atoms with Gasteiger partial charge in [0.1, 0.15) is 0 Å². The zero-order valence-electron chi connectivity index (χ0n) is 18.0. The van der Waals surface area contributed by atoms with Crippen molar-refractivity contribution in [3.05, 3.63) is 59.7 Å². The second kappa shape index (κ2) is 7.88. The summed E-state index contributed by atoms with van der Waals surface area (Å²) in [5.41, 5.74) is 0.137. The number of urea groups is 1. The summed E-state index contributed by atoms with van der Waals surface area (Å²) in [7, 11) is 0. The van der Waals surface area contributed by atoms with Gasteiger partial charge >= 0.3 is 6.03 Å². The second-order valence-electron chi connectivity index (χ2n) is 8.40. The standard InChI is InChI=1S/C24H27N3O5/c1-2-17-7-9-18(10-8-17)27-22(29)25-20-6-4-3-5-19(20)24(27,30)21(28)26-13-11-23(12-14-26)31-15-16-32-23/h3-10,30H,2,11-16H2,1H3,(H,25,29)/t24-/m0/s1. The molecule has 2 fully saturated rings. The van der Waals surface area contributed by atoms with Gasteiger partial charge in [-0.15, -0.1) is 0 Å². The molecule has 0 saturated carbocycles. The number of para-hydroxylation sites is 1. The molecule has 0 unspecified atom stereocenters. The number of ether oxygens (including phenoxy) is 2. The Bertz CT molecular complexity index is 1020. The number of piperidine rings is 1. The monoisotopic (exact) mass is 437 g/mol. The quantitative estimate of drug-likeness (QED) is 0.771. The van der Waals surface area contributed by atoms with Gasteiger partial charge < -0.3 is 24.8 Å². The zero-order chi connectivity index (χ0) is 22.3. The summed E-state index contributed by atoms with van der Waals surface area (Å²) in [6, 6.07) is 13.6. The fraction of sp³-hybridized carbons (Fsp3) is 0.417. The van der Waals surface area contributed by atoms with Gasteiger partial charge in [0.15, 0.2) is 5.79 Å². The molecule has 0 aromatic heterocycles. The van der Waals surface area contributed by atoms with E-state index in [0.29, 0.717) is 56.1 Å². The minimum Gasteiger partial charge on any atom is -0.359 e. The highest BCUT2D eigenvalue weighted by molar-refractivity contribution is 6.11. The van der Waals surface area contributed by atoms with Crippen molar-refractivity contribution in [2.75, 3.05) is 36.5 Å². The number of hydrogen-bond donors (Lipinski definition) is 2. The molecular formula is C24H27N3O5. The van der Waals surface area contributed by atoms with Crippen molar-refractivity contribution >= 4 is 23.3 Å². The Morgan fingerprint density at radius 3 is 2.38 bits per heavy atom. The molecule has 0 radical (unpaired) electrons. The van der Waals surface area contributed by atoms with E-state index >= 15 is 0 Å². The highest BCUT2D eigenvalue weighted by Crippen LogP contribution is 2.42. The summed E-state index contributed by atoms with van der Waals surface area (Å²) in [6.07, 6.45) is 1.89. The number of aliphatic hydroxyl groups is 1. The van der Waals surface area contributed by atoms with E-state index in [1.165, 1.54) is 0 Å². The van der Waals surface area contributed by atoms with Crippen LogP contribution in [-0.4, -0.2) is 54.0 Å². The van der Waals surface area contributed by atoms with E-state index < -0.39 is 23.5 Å². The van der Waals surface area contributed by atoms with Crippen molar-refractivity contribution in [1.82, 2.24) is 4.90 Å². The Morgan fingerprint density at radius 1 is 1.06 bits per heavy atom. The number of likely N-dealkylation sites (tertiary alicyclic amines) is 1. The number of nitrogens with zero attached hydrogens (tertiary/aromatic N) is 2. The van der Waals surface area contributed by atoms with Gasteiger partial charge in [-0.3, -0.25) is 9.69 Å². The summed E-state index contributed by atoms with van der Waals surface area (Å²) in [5.74, 6) is -1.18. The maximum absolute atomic E-state index is 13.9. The lowest BCUT2D eigenvalue weighted by atomic mass is 9.92. The molecule has 2 saturated heterocycles. The zero-order valence-corrected chi connectivity index (χ0v) is 18.0. The van der Waals surface area contributed by atoms with Gasteiger partial charge in [0.2, 0.25) is 0 Å². The van der Waals surface area contributed by atoms with Gasteiger partial charge in [0.05, 0.1) is 18.9 Å². The van der Waals surface area contributed by atoms with E-state index in [1.807, 2.05) is 19.1 Å². The molecule has 2 aromatic rings.